The molecule has 0 saturated heterocycles. The molecule has 0 fully saturated rings. The Bertz CT molecular complexity index is 218. The summed E-state index contributed by atoms with van der Waals surface area (Å²) in [4.78, 5) is 0. The van der Waals surface area contributed by atoms with Crippen LogP contribution < -0.4 is 4.74 Å². The summed E-state index contributed by atoms with van der Waals surface area (Å²) in [7, 11) is 1.55. The quantitative estimate of drug-likeness (QED) is 0.611. The third-order valence-corrected chi connectivity index (χ3v) is 1.08. The van der Waals surface area contributed by atoms with Gasteiger partial charge in [0.05, 0.1) is 12.8 Å². The fraction of sp³-hybridized carbons (Fsp3) is 0.143. The number of hydrogen-bond donors (Lipinski definition) is 0. The molecule has 0 spiro atoms. The second-order valence-corrected chi connectivity index (χ2v) is 1.70. The van der Waals surface area contributed by atoms with Gasteiger partial charge in [0.25, 0.3) is 0 Å². The smallest absolute Gasteiger partial charge is 0.233 e. The van der Waals surface area contributed by atoms with Gasteiger partial charge in [0.2, 0.25) is 5.88 Å². The van der Waals surface area contributed by atoms with E-state index in [2.05, 4.69) is 16.8 Å². The zero-order valence-electron chi connectivity index (χ0n) is 5.74. The molecule has 3 heteroatoms. The summed E-state index contributed by atoms with van der Waals surface area (Å²) in [5.41, 5.74) is 0.751. The Morgan fingerprint density at radius 3 is 2.70 bits per heavy atom. The molecule has 1 heterocycles. The zero-order valence-corrected chi connectivity index (χ0v) is 5.74. The number of ether oxygens (including phenoxy) is 1. The molecule has 0 atom stereocenters. The molecule has 0 bridgehead atoms. The molecule has 3 nitrogen and oxygen atoms in total. The van der Waals surface area contributed by atoms with Crippen molar-refractivity contribution in [2.45, 2.75) is 0 Å². The lowest BCUT2D eigenvalue weighted by atomic mass is 10.4. The van der Waals surface area contributed by atoms with E-state index in [-0.39, 0.29) is 0 Å². The highest BCUT2D eigenvalue weighted by Crippen LogP contribution is 2.03. The Kier molecular flexibility index (Phi) is 1.99. The monoisotopic (exact) mass is 136 g/mol. The highest BCUT2D eigenvalue weighted by atomic mass is 16.5. The van der Waals surface area contributed by atoms with E-state index in [1.54, 1.807) is 25.3 Å². The lowest BCUT2D eigenvalue weighted by Gasteiger charge is -1.94. The Labute approximate surface area is 59.4 Å². The van der Waals surface area contributed by atoms with E-state index in [4.69, 9.17) is 4.74 Å². The highest BCUT2D eigenvalue weighted by Gasteiger charge is 1.90. The molecule has 10 heavy (non-hydrogen) atoms. The maximum atomic E-state index is 4.81. The second kappa shape index (κ2) is 2.96. The van der Waals surface area contributed by atoms with E-state index < -0.39 is 0 Å². The molecule has 1 rings (SSSR count). The van der Waals surface area contributed by atoms with Crippen LogP contribution in [-0.4, -0.2) is 17.3 Å². The first-order valence-electron chi connectivity index (χ1n) is 2.87. The van der Waals surface area contributed by atoms with Gasteiger partial charge in [-0.15, -0.1) is 10.2 Å². The largest absolute Gasteiger partial charge is 0.480 e. The Morgan fingerprint density at radius 2 is 2.30 bits per heavy atom. The average Bonchev–Trinajstić information content (AvgIpc) is 2.05. The molecule has 0 amide bonds. The van der Waals surface area contributed by atoms with Crippen LogP contribution >= 0.6 is 0 Å². The normalized spacial score (nSPS) is 8.90. The number of methoxy groups -OCH3 is 1. The van der Waals surface area contributed by atoms with Crippen molar-refractivity contribution in [2.24, 2.45) is 0 Å². The minimum Gasteiger partial charge on any atom is -0.480 e. The van der Waals surface area contributed by atoms with Crippen LogP contribution in [-0.2, 0) is 0 Å². The van der Waals surface area contributed by atoms with E-state index in [9.17, 15) is 0 Å². The predicted octanol–water partition coefficient (Wildman–Crippen LogP) is 1.13. The summed E-state index contributed by atoms with van der Waals surface area (Å²) in [6.45, 7) is 3.54. The molecule has 1 aromatic heterocycles. The van der Waals surface area contributed by atoms with E-state index in [1.165, 1.54) is 0 Å². The lowest BCUT2D eigenvalue weighted by Crippen LogP contribution is -1.90. The average molecular weight is 136 g/mol. The van der Waals surface area contributed by atoms with Crippen molar-refractivity contribution in [3.05, 3.63) is 24.4 Å². The Balaban J connectivity index is 2.90. The van der Waals surface area contributed by atoms with Gasteiger partial charge in [0.1, 0.15) is 0 Å². The fourth-order valence-corrected chi connectivity index (χ4v) is 0.548. The number of hydrogen-bond acceptors (Lipinski definition) is 3. The molecule has 0 N–H and O–H groups in total. The first kappa shape index (κ1) is 6.74. The van der Waals surface area contributed by atoms with Crippen molar-refractivity contribution in [3.8, 4) is 5.88 Å². The molecule has 0 unspecified atom stereocenters. The van der Waals surface area contributed by atoms with Gasteiger partial charge < -0.3 is 4.74 Å². The van der Waals surface area contributed by atoms with E-state index in [1.807, 2.05) is 0 Å². The minimum absolute atomic E-state index is 0.519. The van der Waals surface area contributed by atoms with Gasteiger partial charge in [0.15, 0.2) is 0 Å². The number of rotatable bonds is 2. The summed E-state index contributed by atoms with van der Waals surface area (Å²) in [6.07, 6.45) is 1.63. The maximum Gasteiger partial charge on any atom is 0.233 e. The molecule has 0 aliphatic heterocycles. The molecule has 0 aromatic carbocycles. The van der Waals surface area contributed by atoms with Crippen molar-refractivity contribution in [2.75, 3.05) is 7.11 Å². The van der Waals surface area contributed by atoms with Crippen LogP contribution in [0, 0.1) is 0 Å². The molecular formula is C7H8N2O. The van der Waals surface area contributed by atoms with Gasteiger partial charge in [-0.25, -0.2) is 0 Å². The van der Waals surface area contributed by atoms with Gasteiger partial charge in [-0.1, -0.05) is 6.58 Å². The second-order valence-electron chi connectivity index (χ2n) is 1.70. The molecule has 1 aromatic rings. The van der Waals surface area contributed by atoms with Crippen LogP contribution in [0.25, 0.3) is 6.08 Å². The fourth-order valence-electron chi connectivity index (χ4n) is 0.548. The molecule has 52 valence electrons. The summed E-state index contributed by atoms with van der Waals surface area (Å²) < 4.78 is 4.81. The molecule has 0 radical (unpaired) electrons. The van der Waals surface area contributed by atoms with Crippen LogP contribution in [0.3, 0.4) is 0 Å². The predicted molar refractivity (Wildman–Crippen MR) is 38.7 cm³/mol. The summed E-state index contributed by atoms with van der Waals surface area (Å²) in [5, 5.41) is 7.50. The van der Waals surface area contributed by atoms with Crippen LogP contribution in [0.2, 0.25) is 0 Å². The standard InChI is InChI=1S/C7H8N2O/c1-3-6-4-5-7(10-2)9-8-6/h3-5H,1H2,2H3. The highest BCUT2D eigenvalue weighted by molar-refractivity contribution is 5.40. The van der Waals surface area contributed by atoms with Crippen LogP contribution in [0.1, 0.15) is 5.69 Å². The SMILES string of the molecule is C=Cc1ccc(OC)nn1. The minimum atomic E-state index is 0.519. The maximum absolute atomic E-state index is 4.81. The van der Waals surface area contributed by atoms with Crippen LogP contribution in [0.5, 0.6) is 5.88 Å². The van der Waals surface area contributed by atoms with Crippen molar-refractivity contribution in [3.63, 3.8) is 0 Å². The topological polar surface area (TPSA) is 35.0 Å². The van der Waals surface area contributed by atoms with Crippen molar-refractivity contribution >= 4 is 6.08 Å². The number of nitrogens with zero attached hydrogens (tertiary/aromatic N) is 2. The molecule has 0 aliphatic rings. The van der Waals surface area contributed by atoms with E-state index >= 15 is 0 Å². The van der Waals surface area contributed by atoms with Crippen molar-refractivity contribution in [1.29, 1.82) is 0 Å². The Hall–Kier alpha value is -1.38. The molecular weight excluding hydrogens is 128 g/mol. The third kappa shape index (κ3) is 1.31. The third-order valence-electron chi connectivity index (χ3n) is 1.08. The van der Waals surface area contributed by atoms with Gasteiger partial charge in [-0.3, -0.25) is 0 Å². The van der Waals surface area contributed by atoms with Crippen LogP contribution in [0.15, 0.2) is 18.7 Å². The lowest BCUT2D eigenvalue weighted by molar-refractivity contribution is 0.392. The van der Waals surface area contributed by atoms with E-state index in [0.717, 1.165) is 5.69 Å². The Morgan fingerprint density at radius 1 is 1.50 bits per heavy atom. The zero-order chi connectivity index (χ0) is 7.40. The van der Waals surface area contributed by atoms with Gasteiger partial charge in [0, 0.05) is 6.07 Å². The van der Waals surface area contributed by atoms with Crippen molar-refractivity contribution in [1.82, 2.24) is 10.2 Å². The number of aromatic nitrogens is 2. The van der Waals surface area contributed by atoms with Gasteiger partial charge in [-0.05, 0) is 12.1 Å². The van der Waals surface area contributed by atoms with E-state index in [0.29, 0.717) is 5.88 Å². The van der Waals surface area contributed by atoms with Crippen molar-refractivity contribution < 1.29 is 4.74 Å². The molecule has 0 aliphatic carbocycles. The summed E-state index contributed by atoms with van der Waals surface area (Å²) >= 11 is 0. The molecule has 0 saturated carbocycles. The van der Waals surface area contributed by atoms with Crippen LogP contribution in [0.4, 0.5) is 0 Å². The first-order valence-corrected chi connectivity index (χ1v) is 2.87. The summed E-state index contributed by atoms with van der Waals surface area (Å²) in [5.74, 6) is 0.519. The van der Waals surface area contributed by atoms with Gasteiger partial charge >= 0.3 is 0 Å². The first-order chi connectivity index (χ1) is 4.86. The summed E-state index contributed by atoms with van der Waals surface area (Å²) in [6, 6.07) is 3.53. The van der Waals surface area contributed by atoms with Gasteiger partial charge in [-0.2, -0.15) is 0 Å².